The molecule has 0 spiro atoms. The molecule has 0 bridgehead atoms. The largest absolute Gasteiger partial charge is 0.396 e. The van der Waals surface area contributed by atoms with Gasteiger partial charge in [-0.05, 0) is 12.5 Å². The van der Waals surface area contributed by atoms with Crippen LogP contribution in [0, 0.1) is 15.9 Å². The Kier molecular flexibility index (Phi) is 4.53. The Morgan fingerprint density at radius 1 is 1.53 bits per heavy atom. The molecule has 0 heterocycles. The van der Waals surface area contributed by atoms with Gasteiger partial charge >= 0.3 is 0 Å². The van der Waals surface area contributed by atoms with Gasteiger partial charge in [0.2, 0.25) is 5.91 Å². The number of aliphatic hydroxyl groups excluding tert-OH is 1. The van der Waals surface area contributed by atoms with Crippen LogP contribution in [0.2, 0.25) is 0 Å². The third-order valence-electron chi connectivity index (χ3n) is 2.00. The second kappa shape index (κ2) is 5.90. The van der Waals surface area contributed by atoms with Crippen LogP contribution in [0.4, 0.5) is 15.8 Å². The number of aliphatic hydroxyl groups is 1. The lowest BCUT2D eigenvalue weighted by molar-refractivity contribution is -0.384. The molecule has 1 aromatic rings. The van der Waals surface area contributed by atoms with E-state index in [1.54, 1.807) is 0 Å². The number of nitrogens with zero attached hydrogens (tertiary/aromatic N) is 1. The van der Waals surface area contributed by atoms with Crippen molar-refractivity contribution in [3.05, 3.63) is 34.1 Å². The Morgan fingerprint density at radius 3 is 2.82 bits per heavy atom. The fraction of sp³-hybridized carbons (Fsp3) is 0.300. The van der Waals surface area contributed by atoms with E-state index < -0.39 is 16.6 Å². The van der Waals surface area contributed by atoms with E-state index in [4.69, 9.17) is 5.11 Å². The van der Waals surface area contributed by atoms with Crippen LogP contribution in [-0.2, 0) is 4.79 Å². The number of rotatable bonds is 5. The molecule has 6 nitrogen and oxygen atoms in total. The van der Waals surface area contributed by atoms with Gasteiger partial charge in [-0.25, -0.2) is 4.39 Å². The van der Waals surface area contributed by atoms with Crippen molar-refractivity contribution in [2.24, 2.45) is 0 Å². The van der Waals surface area contributed by atoms with Crippen molar-refractivity contribution in [3.63, 3.8) is 0 Å². The van der Waals surface area contributed by atoms with Crippen molar-refractivity contribution in [1.82, 2.24) is 0 Å². The molecule has 0 aliphatic rings. The molecule has 0 aromatic heterocycles. The highest BCUT2D eigenvalue weighted by Gasteiger charge is 2.12. The maximum Gasteiger partial charge on any atom is 0.271 e. The van der Waals surface area contributed by atoms with Crippen LogP contribution in [0.1, 0.15) is 12.8 Å². The van der Waals surface area contributed by atoms with Gasteiger partial charge in [-0.2, -0.15) is 0 Å². The van der Waals surface area contributed by atoms with Gasteiger partial charge in [0, 0.05) is 25.2 Å². The van der Waals surface area contributed by atoms with Crippen LogP contribution in [0.5, 0.6) is 0 Å². The molecule has 1 aromatic carbocycles. The van der Waals surface area contributed by atoms with E-state index in [9.17, 15) is 19.3 Å². The normalized spacial score (nSPS) is 10.0. The highest BCUT2D eigenvalue weighted by molar-refractivity contribution is 5.91. The molecule has 0 atom stereocenters. The van der Waals surface area contributed by atoms with Gasteiger partial charge in [0.25, 0.3) is 5.69 Å². The van der Waals surface area contributed by atoms with Crippen LogP contribution in [0.25, 0.3) is 0 Å². The van der Waals surface area contributed by atoms with Crippen molar-refractivity contribution in [3.8, 4) is 0 Å². The van der Waals surface area contributed by atoms with Gasteiger partial charge in [-0.1, -0.05) is 0 Å². The van der Waals surface area contributed by atoms with Gasteiger partial charge in [-0.3, -0.25) is 14.9 Å². The van der Waals surface area contributed by atoms with E-state index >= 15 is 0 Å². The highest BCUT2D eigenvalue weighted by atomic mass is 19.1. The summed E-state index contributed by atoms with van der Waals surface area (Å²) in [6.45, 7) is -0.148. The Hall–Kier alpha value is -2.02. The van der Waals surface area contributed by atoms with E-state index in [-0.39, 0.29) is 30.8 Å². The fourth-order valence-electron chi connectivity index (χ4n) is 1.17. The zero-order valence-electron chi connectivity index (χ0n) is 8.85. The van der Waals surface area contributed by atoms with E-state index in [1.807, 2.05) is 0 Å². The molecule has 17 heavy (non-hydrogen) atoms. The van der Waals surface area contributed by atoms with Crippen LogP contribution in [0.3, 0.4) is 0 Å². The molecule has 2 N–H and O–H groups in total. The van der Waals surface area contributed by atoms with Gasteiger partial charge in [-0.15, -0.1) is 0 Å². The lowest BCUT2D eigenvalue weighted by Gasteiger charge is -2.05. The predicted molar refractivity (Wildman–Crippen MR) is 58.0 cm³/mol. The maximum atomic E-state index is 13.2. The van der Waals surface area contributed by atoms with Crippen molar-refractivity contribution in [2.45, 2.75) is 12.8 Å². The Labute approximate surface area is 96.2 Å². The molecule has 0 unspecified atom stereocenters. The number of benzene rings is 1. The topological polar surface area (TPSA) is 92.5 Å². The molecule has 92 valence electrons. The summed E-state index contributed by atoms with van der Waals surface area (Å²) in [4.78, 5) is 21.0. The lowest BCUT2D eigenvalue weighted by atomic mass is 10.2. The van der Waals surface area contributed by atoms with E-state index in [0.29, 0.717) is 0 Å². The van der Waals surface area contributed by atoms with Gasteiger partial charge in [0.1, 0.15) is 5.82 Å². The minimum absolute atomic E-state index is 0.0264. The summed E-state index contributed by atoms with van der Waals surface area (Å²) in [6.07, 6.45) is 0.279. The average Bonchev–Trinajstić information content (AvgIpc) is 2.29. The first-order chi connectivity index (χ1) is 8.04. The minimum atomic E-state index is -0.743. The smallest absolute Gasteiger partial charge is 0.271 e. The quantitative estimate of drug-likeness (QED) is 0.603. The number of non-ortho nitro benzene ring substituents is 1. The standard InChI is InChI=1S/C10H11FN2O4/c11-8-4-3-7(13(16)17)6-9(8)12-10(15)2-1-5-14/h3-4,6,14H,1-2,5H2,(H,12,15). The molecular weight excluding hydrogens is 231 g/mol. The molecule has 1 rings (SSSR count). The fourth-order valence-corrected chi connectivity index (χ4v) is 1.17. The summed E-state index contributed by atoms with van der Waals surface area (Å²) in [5.41, 5.74) is -0.536. The molecule has 0 aliphatic carbocycles. The number of hydrogen-bond donors (Lipinski definition) is 2. The monoisotopic (exact) mass is 242 g/mol. The van der Waals surface area contributed by atoms with E-state index in [2.05, 4.69) is 5.32 Å². The van der Waals surface area contributed by atoms with E-state index in [0.717, 1.165) is 18.2 Å². The average molecular weight is 242 g/mol. The molecule has 0 saturated heterocycles. The van der Waals surface area contributed by atoms with Crippen LogP contribution in [-0.4, -0.2) is 22.5 Å². The molecular formula is C10H11FN2O4. The van der Waals surface area contributed by atoms with Crippen LogP contribution in [0.15, 0.2) is 18.2 Å². The number of nitro groups is 1. The number of nitrogens with one attached hydrogen (secondary N) is 1. The molecule has 0 radical (unpaired) electrons. The van der Waals surface area contributed by atoms with Crippen molar-refractivity contribution >= 4 is 17.3 Å². The number of nitro benzene ring substituents is 1. The molecule has 7 heteroatoms. The Bertz CT molecular complexity index is 436. The third kappa shape index (κ3) is 3.80. The van der Waals surface area contributed by atoms with Gasteiger partial charge in [0.15, 0.2) is 0 Å². The summed E-state index contributed by atoms with van der Waals surface area (Å²) >= 11 is 0. The van der Waals surface area contributed by atoms with Crippen molar-refractivity contribution < 1.29 is 19.2 Å². The second-order valence-electron chi connectivity index (χ2n) is 3.30. The van der Waals surface area contributed by atoms with E-state index in [1.165, 1.54) is 0 Å². The summed E-state index contributed by atoms with van der Waals surface area (Å²) in [7, 11) is 0. The van der Waals surface area contributed by atoms with Crippen molar-refractivity contribution in [1.29, 1.82) is 0 Å². The lowest BCUT2D eigenvalue weighted by Crippen LogP contribution is -2.13. The number of carbonyl (C=O) groups is 1. The highest BCUT2D eigenvalue weighted by Crippen LogP contribution is 2.21. The maximum absolute atomic E-state index is 13.2. The number of anilines is 1. The third-order valence-corrected chi connectivity index (χ3v) is 2.00. The summed E-state index contributed by atoms with van der Waals surface area (Å²) in [5, 5.41) is 21.2. The first-order valence-corrected chi connectivity index (χ1v) is 4.89. The van der Waals surface area contributed by atoms with Crippen molar-refractivity contribution in [2.75, 3.05) is 11.9 Å². The molecule has 0 aliphatic heterocycles. The van der Waals surface area contributed by atoms with Gasteiger partial charge in [0.05, 0.1) is 10.6 Å². The SMILES string of the molecule is O=C(CCCO)Nc1cc([N+](=O)[O-])ccc1F. The predicted octanol–water partition coefficient (Wildman–Crippen LogP) is 1.44. The second-order valence-corrected chi connectivity index (χ2v) is 3.30. The number of hydrogen-bond acceptors (Lipinski definition) is 4. The molecule has 0 saturated carbocycles. The minimum Gasteiger partial charge on any atom is -0.396 e. The summed E-state index contributed by atoms with van der Waals surface area (Å²) in [5.74, 6) is -1.24. The Morgan fingerprint density at radius 2 is 2.24 bits per heavy atom. The first kappa shape index (κ1) is 13.0. The summed E-state index contributed by atoms with van der Waals surface area (Å²) in [6, 6.07) is 2.88. The van der Waals surface area contributed by atoms with Gasteiger partial charge < -0.3 is 10.4 Å². The zero-order valence-corrected chi connectivity index (χ0v) is 8.85. The summed E-state index contributed by atoms with van der Waals surface area (Å²) < 4.78 is 13.2. The Balaban J connectivity index is 2.79. The van der Waals surface area contributed by atoms with Crippen LogP contribution < -0.4 is 5.32 Å². The van der Waals surface area contributed by atoms with Crippen LogP contribution >= 0.6 is 0 Å². The number of amides is 1. The molecule has 1 amide bonds. The first-order valence-electron chi connectivity index (χ1n) is 4.89. The molecule has 0 fully saturated rings. The number of halogens is 1. The zero-order chi connectivity index (χ0) is 12.8. The number of carbonyl (C=O) groups excluding carboxylic acids is 1.